The van der Waals surface area contributed by atoms with Gasteiger partial charge in [0.1, 0.15) is 6.61 Å². The van der Waals surface area contributed by atoms with Crippen LogP contribution in [0.2, 0.25) is 0 Å². The summed E-state index contributed by atoms with van der Waals surface area (Å²) in [5.74, 6) is -1.24. The first kappa shape index (κ1) is 20.7. The van der Waals surface area contributed by atoms with Crippen LogP contribution >= 0.6 is 0 Å². The molecule has 0 bridgehead atoms. The van der Waals surface area contributed by atoms with Crippen LogP contribution in [0.4, 0.5) is 0 Å². The van der Waals surface area contributed by atoms with Crippen molar-refractivity contribution >= 4 is 8.80 Å². The number of hydrogen-bond acceptors (Lipinski definition) is 6. The van der Waals surface area contributed by atoms with E-state index in [2.05, 4.69) is 6.58 Å². The van der Waals surface area contributed by atoms with Crippen molar-refractivity contribution in [1.29, 1.82) is 0 Å². The maximum atomic E-state index is 5.88. The first-order valence-electron chi connectivity index (χ1n) is 7.54. The summed E-state index contributed by atoms with van der Waals surface area (Å²) in [7, 11) is -2.94. The molecule has 0 radical (unpaired) electrons. The van der Waals surface area contributed by atoms with Crippen LogP contribution in [0, 0.1) is 0 Å². The fourth-order valence-corrected chi connectivity index (χ4v) is 3.59. The molecule has 0 saturated heterocycles. The SMILES string of the molecule is C=C[Si](OCC)(OCC)OCC(OCC)(OCC)OCC. The number of rotatable bonds is 14. The number of ether oxygens (including phenoxy) is 3. The summed E-state index contributed by atoms with van der Waals surface area (Å²) >= 11 is 0. The zero-order chi connectivity index (χ0) is 16.2. The molecule has 0 heterocycles. The van der Waals surface area contributed by atoms with Crippen LogP contribution in [0.15, 0.2) is 12.3 Å². The van der Waals surface area contributed by atoms with Crippen molar-refractivity contribution in [2.45, 2.75) is 40.6 Å². The lowest BCUT2D eigenvalue weighted by Crippen LogP contribution is -2.51. The van der Waals surface area contributed by atoms with Gasteiger partial charge in [-0.25, -0.2) is 0 Å². The zero-order valence-corrected chi connectivity index (χ0v) is 15.0. The molecule has 0 unspecified atom stereocenters. The molecule has 0 saturated carbocycles. The van der Waals surface area contributed by atoms with Crippen molar-refractivity contribution in [3.8, 4) is 0 Å². The highest BCUT2D eigenvalue weighted by atomic mass is 28.4. The Hall–Kier alpha value is -0.283. The van der Waals surface area contributed by atoms with E-state index in [4.69, 9.17) is 27.5 Å². The van der Waals surface area contributed by atoms with Gasteiger partial charge in [-0.1, -0.05) is 6.58 Å². The highest BCUT2D eigenvalue weighted by Crippen LogP contribution is 2.20. The zero-order valence-electron chi connectivity index (χ0n) is 14.0. The summed E-state index contributed by atoms with van der Waals surface area (Å²) in [6, 6.07) is 0. The molecule has 0 aliphatic carbocycles. The van der Waals surface area contributed by atoms with Crippen LogP contribution in [-0.4, -0.2) is 54.4 Å². The highest BCUT2D eigenvalue weighted by molar-refractivity contribution is 6.66. The second-order valence-corrected chi connectivity index (χ2v) is 6.43. The van der Waals surface area contributed by atoms with Crippen LogP contribution in [0.1, 0.15) is 34.6 Å². The molecule has 0 N–H and O–H groups in total. The van der Waals surface area contributed by atoms with E-state index in [1.807, 2.05) is 34.6 Å². The van der Waals surface area contributed by atoms with E-state index in [-0.39, 0.29) is 6.61 Å². The van der Waals surface area contributed by atoms with Gasteiger partial charge >= 0.3 is 14.8 Å². The van der Waals surface area contributed by atoms with Gasteiger partial charge in [0.25, 0.3) is 0 Å². The summed E-state index contributed by atoms with van der Waals surface area (Å²) in [4.78, 5) is 0. The lowest BCUT2D eigenvalue weighted by atomic mass is 10.5. The first-order chi connectivity index (χ1) is 10.1. The molecule has 0 amide bonds. The Balaban J connectivity index is 4.98. The largest absolute Gasteiger partial charge is 0.529 e. The van der Waals surface area contributed by atoms with Crippen molar-refractivity contribution in [3.63, 3.8) is 0 Å². The molecule has 0 aromatic heterocycles. The standard InChI is InChI=1S/C14H30O6Si/c1-7-15-14(16-8-2,17-9-3)13-20-21(12-6,18-10-4)19-11-5/h12H,6-11,13H2,1-5H3. The Labute approximate surface area is 129 Å². The summed E-state index contributed by atoms with van der Waals surface area (Å²) in [6.45, 7) is 15.5. The van der Waals surface area contributed by atoms with Crippen molar-refractivity contribution in [3.05, 3.63) is 12.3 Å². The molecule has 0 aliphatic heterocycles. The third-order valence-corrected chi connectivity index (χ3v) is 4.91. The molecule has 7 heteroatoms. The normalized spacial score (nSPS) is 12.6. The van der Waals surface area contributed by atoms with Crippen molar-refractivity contribution in [2.24, 2.45) is 0 Å². The molecule has 21 heavy (non-hydrogen) atoms. The van der Waals surface area contributed by atoms with Gasteiger partial charge in [0.2, 0.25) is 0 Å². The van der Waals surface area contributed by atoms with Gasteiger partial charge in [0.15, 0.2) is 0 Å². The van der Waals surface area contributed by atoms with E-state index in [9.17, 15) is 0 Å². The van der Waals surface area contributed by atoms with Crippen molar-refractivity contribution < 1.29 is 27.5 Å². The molecule has 0 spiro atoms. The van der Waals surface area contributed by atoms with Crippen LogP contribution in [0.3, 0.4) is 0 Å². The molecule has 0 fully saturated rings. The fourth-order valence-electron chi connectivity index (χ4n) is 1.80. The minimum absolute atomic E-state index is 0.0563. The van der Waals surface area contributed by atoms with Gasteiger partial charge in [-0.2, -0.15) is 0 Å². The van der Waals surface area contributed by atoms with Crippen LogP contribution in [-0.2, 0) is 27.5 Å². The van der Waals surface area contributed by atoms with E-state index >= 15 is 0 Å². The monoisotopic (exact) mass is 322 g/mol. The Morgan fingerprint density at radius 2 is 1.19 bits per heavy atom. The van der Waals surface area contributed by atoms with Crippen LogP contribution < -0.4 is 0 Å². The van der Waals surface area contributed by atoms with E-state index in [1.165, 1.54) is 0 Å². The third-order valence-electron chi connectivity index (χ3n) is 2.48. The highest BCUT2D eigenvalue weighted by Gasteiger charge is 2.43. The Kier molecular flexibility index (Phi) is 11.2. The summed E-state index contributed by atoms with van der Waals surface area (Å²) in [5, 5.41) is 0. The van der Waals surface area contributed by atoms with Gasteiger partial charge < -0.3 is 27.5 Å². The fraction of sp³-hybridized carbons (Fsp3) is 0.857. The smallest absolute Gasteiger partial charge is 0.371 e. The predicted molar refractivity (Wildman–Crippen MR) is 82.8 cm³/mol. The molecule has 0 aromatic carbocycles. The first-order valence-corrected chi connectivity index (χ1v) is 9.34. The van der Waals surface area contributed by atoms with E-state index in [0.717, 1.165) is 0 Å². The van der Waals surface area contributed by atoms with Crippen LogP contribution in [0.5, 0.6) is 0 Å². The maximum Gasteiger partial charge on any atom is 0.529 e. The predicted octanol–water partition coefficient (Wildman–Crippen LogP) is 2.50. The Bertz CT molecular complexity index is 251. The topological polar surface area (TPSA) is 55.4 Å². The second-order valence-electron chi connectivity index (χ2n) is 3.94. The summed E-state index contributed by atoms with van der Waals surface area (Å²) in [6.07, 6.45) is 0. The average Bonchev–Trinajstić information content (AvgIpc) is 2.46. The van der Waals surface area contributed by atoms with E-state index in [1.54, 1.807) is 5.70 Å². The molecule has 0 atom stereocenters. The van der Waals surface area contributed by atoms with E-state index in [0.29, 0.717) is 33.0 Å². The summed E-state index contributed by atoms with van der Waals surface area (Å²) < 4.78 is 34.0. The van der Waals surface area contributed by atoms with Gasteiger partial charge in [0, 0.05) is 33.0 Å². The van der Waals surface area contributed by atoms with Crippen LogP contribution in [0.25, 0.3) is 0 Å². The van der Waals surface area contributed by atoms with Gasteiger partial charge in [0.05, 0.1) is 0 Å². The Morgan fingerprint density at radius 3 is 1.48 bits per heavy atom. The lowest BCUT2D eigenvalue weighted by molar-refractivity contribution is -0.387. The van der Waals surface area contributed by atoms with Gasteiger partial charge in [-0.15, -0.1) is 0 Å². The lowest BCUT2D eigenvalue weighted by Gasteiger charge is -2.35. The number of hydrogen-bond donors (Lipinski definition) is 0. The molecule has 126 valence electrons. The van der Waals surface area contributed by atoms with E-state index < -0.39 is 14.8 Å². The second kappa shape index (κ2) is 11.3. The third kappa shape index (κ3) is 7.01. The van der Waals surface area contributed by atoms with Crippen molar-refractivity contribution in [1.82, 2.24) is 0 Å². The minimum atomic E-state index is -2.94. The maximum absolute atomic E-state index is 5.88. The molecule has 0 aliphatic rings. The molecular weight excluding hydrogens is 292 g/mol. The van der Waals surface area contributed by atoms with Crippen molar-refractivity contribution in [2.75, 3.05) is 39.6 Å². The molecular formula is C14H30O6Si. The van der Waals surface area contributed by atoms with Gasteiger partial charge in [-0.3, -0.25) is 0 Å². The molecule has 0 rings (SSSR count). The molecule has 0 aromatic rings. The minimum Gasteiger partial charge on any atom is -0.371 e. The van der Waals surface area contributed by atoms with Gasteiger partial charge in [-0.05, 0) is 40.3 Å². The Morgan fingerprint density at radius 1 is 0.762 bits per heavy atom. The summed E-state index contributed by atoms with van der Waals surface area (Å²) in [5.41, 5.74) is 1.61. The molecule has 6 nitrogen and oxygen atoms in total. The average molecular weight is 322 g/mol. The quantitative estimate of drug-likeness (QED) is 0.362.